The van der Waals surface area contributed by atoms with E-state index in [2.05, 4.69) is 4.72 Å². The first-order valence-corrected chi connectivity index (χ1v) is 11.1. The zero-order valence-electron chi connectivity index (χ0n) is 16.0. The van der Waals surface area contributed by atoms with Crippen LogP contribution in [0.2, 0.25) is 0 Å². The van der Waals surface area contributed by atoms with Crippen LogP contribution in [-0.4, -0.2) is 51.7 Å². The smallest absolute Gasteiger partial charge is 0.224 e. The fourth-order valence-electron chi connectivity index (χ4n) is 3.39. The third-order valence-electron chi connectivity index (χ3n) is 4.83. The number of hydrogen-bond donors (Lipinski definition) is 1. The zero-order chi connectivity index (χ0) is 21.0. The SMILES string of the molecule is CS(=O)(=O)N[C@H](CC(=O)N1CCN(c2ccccc2F)CC1)c1ccc(F)cc1. The summed E-state index contributed by atoms with van der Waals surface area (Å²) in [6, 6.07) is 11.1. The number of nitrogens with zero attached hydrogens (tertiary/aromatic N) is 2. The Balaban J connectivity index is 1.66. The highest BCUT2D eigenvalue weighted by molar-refractivity contribution is 7.88. The fourth-order valence-corrected chi connectivity index (χ4v) is 4.13. The number of nitrogens with one attached hydrogen (secondary N) is 1. The molecule has 0 unspecified atom stereocenters. The van der Waals surface area contributed by atoms with Crippen LogP contribution >= 0.6 is 0 Å². The van der Waals surface area contributed by atoms with E-state index in [0.29, 0.717) is 37.4 Å². The Hall–Kier alpha value is -2.52. The van der Waals surface area contributed by atoms with E-state index in [1.165, 1.54) is 30.3 Å². The largest absolute Gasteiger partial charge is 0.366 e. The van der Waals surface area contributed by atoms with Gasteiger partial charge in [0.1, 0.15) is 11.6 Å². The number of halogens is 2. The lowest BCUT2D eigenvalue weighted by molar-refractivity contribution is -0.132. The summed E-state index contributed by atoms with van der Waals surface area (Å²) < 4.78 is 53.0. The summed E-state index contributed by atoms with van der Waals surface area (Å²) in [5, 5.41) is 0. The topological polar surface area (TPSA) is 69.7 Å². The van der Waals surface area contributed by atoms with Gasteiger partial charge in [0.25, 0.3) is 0 Å². The molecule has 156 valence electrons. The van der Waals surface area contributed by atoms with Crippen LogP contribution in [0.1, 0.15) is 18.0 Å². The van der Waals surface area contributed by atoms with Crippen LogP contribution in [0.5, 0.6) is 0 Å². The summed E-state index contributed by atoms with van der Waals surface area (Å²) in [7, 11) is -3.57. The third kappa shape index (κ3) is 5.74. The van der Waals surface area contributed by atoms with Gasteiger partial charge in [0.15, 0.2) is 0 Å². The Labute approximate surface area is 169 Å². The number of anilines is 1. The molecule has 0 radical (unpaired) electrons. The molecule has 3 rings (SSSR count). The number of para-hydroxylation sites is 1. The minimum Gasteiger partial charge on any atom is -0.366 e. The normalized spacial score (nSPS) is 16.0. The second-order valence-corrected chi connectivity index (χ2v) is 8.80. The minimum atomic E-state index is -3.57. The van der Waals surface area contributed by atoms with Crippen LogP contribution in [-0.2, 0) is 14.8 Å². The maximum absolute atomic E-state index is 14.0. The first kappa shape index (κ1) is 21.2. The van der Waals surface area contributed by atoms with E-state index >= 15 is 0 Å². The highest BCUT2D eigenvalue weighted by Crippen LogP contribution is 2.23. The average molecular weight is 423 g/mol. The molecule has 1 heterocycles. The van der Waals surface area contributed by atoms with Crippen LogP contribution in [0.15, 0.2) is 48.5 Å². The molecule has 1 N–H and O–H groups in total. The number of hydrogen-bond acceptors (Lipinski definition) is 4. The Morgan fingerprint density at radius 1 is 1.03 bits per heavy atom. The molecule has 0 spiro atoms. The quantitative estimate of drug-likeness (QED) is 0.774. The minimum absolute atomic E-state index is 0.0849. The predicted molar refractivity (Wildman–Crippen MR) is 107 cm³/mol. The van der Waals surface area contributed by atoms with Crippen LogP contribution in [0.3, 0.4) is 0 Å². The molecule has 0 aliphatic carbocycles. The van der Waals surface area contributed by atoms with Gasteiger partial charge < -0.3 is 9.80 Å². The number of benzene rings is 2. The molecule has 1 fully saturated rings. The second-order valence-electron chi connectivity index (χ2n) is 7.02. The summed E-state index contributed by atoms with van der Waals surface area (Å²) in [5.74, 6) is -0.966. The number of carbonyl (C=O) groups excluding carboxylic acids is 1. The summed E-state index contributed by atoms with van der Waals surface area (Å²) in [6.07, 6.45) is 0.930. The number of rotatable bonds is 6. The van der Waals surface area contributed by atoms with E-state index in [1.54, 1.807) is 23.1 Å². The number of amides is 1. The molecule has 2 aromatic rings. The summed E-state index contributed by atoms with van der Waals surface area (Å²) in [6.45, 7) is 1.77. The van der Waals surface area contributed by atoms with Gasteiger partial charge in [-0.1, -0.05) is 24.3 Å². The van der Waals surface area contributed by atoms with Gasteiger partial charge in [0, 0.05) is 32.6 Å². The zero-order valence-corrected chi connectivity index (χ0v) is 16.8. The lowest BCUT2D eigenvalue weighted by Gasteiger charge is -2.36. The summed E-state index contributed by atoms with van der Waals surface area (Å²) >= 11 is 0. The van der Waals surface area contributed by atoms with Crippen LogP contribution in [0.25, 0.3) is 0 Å². The molecule has 2 aromatic carbocycles. The Kier molecular flexibility index (Phi) is 6.49. The van der Waals surface area contributed by atoms with Gasteiger partial charge in [-0.3, -0.25) is 4.79 Å². The predicted octanol–water partition coefficient (Wildman–Crippen LogP) is 2.29. The van der Waals surface area contributed by atoms with Gasteiger partial charge in [-0.2, -0.15) is 0 Å². The van der Waals surface area contributed by atoms with Crippen molar-refractivity contribution in [3.05, 3.63) is 65.7 Å². The molecule has 6 nitrogen and oxygen atoms in total. The first-order valence-electron chi connectivity index (χ1n) is 9.23. The lowest BCUT2D eigenvalue weighted by Crippen LogP contribution is -2.49. The molecular formula is C20H23F2N3O3S. The van der Waals surface area contributed by atoms with E-state index in [-0.39, 0.29) is 18.1 Å². The van der Waals surface area contributed by atoms with Gasteiger partial charge >= 0.3 is 0 Å². The Bertz CT molecular complexity index is 959. The van der Waals surface area contributed by atoms with Gasteiger partial charge in [-0.05, 0) is 29.8 Å². The molecular weight excluding hydrogens is 400 g/mol. The number of piperazine rings is 1. The van der Waals surface area contributed by atoms with Crippen molar-refractivity contribution < 1.29 is 22.0 Å². The third-order valence-corrected chi connectivity index (χ3v) is 5.55. The van der Waals surface area contributed by atoms with Crippen molar-refractivity contribution >= 4 is 21.6 Å². The van der Waals surface area contributed by atoms with Crippen molar-refractivity contribution in [2.75, 3.05) is 37.3 Å². The van der Waals surface area contributed by atoms with E-state index in [0.717, 1.165) is 6.26 Å². The molecule has 1 atom stereocenters. The fraction of sp³-hybridized carbons (Fsp3) is 0.350. The molecule has 1 saturated heterocycles. The van der Waals surface area contributed by atoms with Crippen LogP contribution < -0.4 is 9.62 Å². The maximum atomic E-state index is 14.0. The van der Waals surface area contributed by atoms with E-state index in [1.807, 2.05) is 4.90 Å². The lowest BCUT2D eigenvalue weighted by atomic mass is 10.0. The highest BCUT2D eigenvalue weighted by Gasteiger charge is 2.26. The van der Waals surface area contributed by atoms with Gasteiger partial charge in [-0.15, -0.1) is 0 Å². The molecule has 29 heavy (non-hydrogen) atoms. The second kappa shape index (κ2) is 8.87. The molecule has 0 bridgehead atoms. The highest BCUT2D eigenvalue weighted by atomic mass is 32.2. The van der Waals surface area contributed by atoms with Crippen molar-refractivity contribution in [1.29, 1.82) is 0 Å². The van der Waals surface area contributed by atoms with Gasteiger partial charge in [-0.25, -0.2) is 21.9 Å². The molecule has 0 saturated carbocycles. The van der Waals surface area contributed by atoms with Gasteiger partial charge in [0.2, 0.25) is 15.9 Å². The Morgan fingerprint density at radius 3 is 2.24 bits per heavy atom. The number of carbonyl (C=O) groups is 1. The molecule has 1 aliphatic heterocycles. The van der Waals surface area contributed by atoms with Crippen LogP contribution in [0, 0.1) is 11.6 Å². The van der Waals surface area contributed by atoms with Crippen molar-refractivity contribution in [3.8, 4) is 0 Å². The molecule has 9 heteroatoms. The summed E-state index contributed by atoms with van der Waals surface area (Å²) in [4.78, 5) is 16.3. The molecule has 1 amide bonds. The van der Waals surface area contributed by atoms with Crippen molar-refractivity contribution in [2.45, 2.75) is 12.5 Å². The molecule has 0 aromatic heterocycles. The molecule has 1 aliphatic rings. The maximum Gasteiger partial charge on any atom is 0.224 e. The van der Waals surface area contributed by atoms with E-state index < -0.39 is 21.9 Å². The van der Waals surface area contributed by atoms with E-state index in [9.17, 15) is 22.0 Å². The van der Waals surface area contributed by atoms with Crippen LogP contribution in [0.4, 0.5) is 14.5 Å². The van der Waals surface area contributed by atoms with Gasteiger partial charge in [0.05, 0.1) is 18.0 Å². The monoisotopic (exact) mass is 423 g/mol. The van der Waals surface area contributed by atoms with Crippen molar-refractivity contribution in [2.24, 2.45) is 0 Å². The van der Waals surface area contributed by atoms with Crippen molar-refractivity contribution in [3.63, 3.8) is 0 Å². The van der Waals surface area contributed by atoms with Crippen molar-refractivity contribution in [1.82, 2.24) is 9.62 Å². The summed E-state index contributed by atoms with van der Waals surface area (Å²) in [5.41, 5.74) is 1.01. The number of sulfonamides is 1. The standard InChI is InChI=1S/C20H23F2N3O3S/c1-29(27,28)23-18(15-6-8-16(21)9-7-15)14-20(26)25-12-10-24(11-13-25)19-5-3-2-4-17(19)22/h2-9,18,23H,10-14H2,1H3/t18-/m1/s1. The Morgan fingerprint density at radius 2 is 1.66 bits per heavy atom. The average Bonchev–Trinajstić information content (AvgIpc) is 2.67. The van der Waals surface area contributed by atoms with E-state index in [4.69, 9.17) is 0 Å². The first-order chi connectivity index (χ1) is 13.7.